The summed E-state index contributed by atoms with van der Waals surface area (Å²) >= 11 is 0. The molecule has 28 heavy (non-hydrogen) atoms. The van der Waals surface area contributed by atoms with Crippen LogP contribution < -0.4 is 15.0 Å². The van der Waals surface area contributed by atoms with Crippen molar-refractivity contribution in [2.24, 2.45) is 0 Å². The number of para-hydroxylation sites is 1. The zero-order valence-corrected chi connectivity index (χ0v) is 16.6. The van der Waals surface area contributed by atoms with Gasteiger partial charge in [0.15, 0.2) is 0 Å². The summed E-state index contributed by atoms with van der Waals surface area (Å²) in [5, 5.41) is 3.31. The van der Waals surface area contributed by atoms with Gasteiger partial charge in [0.25, 0.3) is 0 Å². The van der Waals surface area contributed by atoms with Crippen molar-refractivity contribution in [2.45, 2.75) is 44.2 Å². The van der Waals surface area contributed by atoms with E-state index in [9.17, 15) is 4.79 Å². The lowest BCUT2D eigenvalue weighted by Crippen LogP contribution is -2.45. The first-order chi connectivity index (χ1) is 13.7. The molecule has 1 amide bonds. The molecular formula is C24H30N2O2. The van der Waals surface area contributed by atoms with Crippen LogP contribution in [-0.2, 0) is 4.79 Å². The minimum Gasteiger partial charge on any atom is -0.497 e. The van der Waals surface area contributed by atoms with Gasteiger partial charge in [0.1, 0.15) is 11.8 Å². The Bertz CT molecular complexity index is 752. The summed E-state index contributed by atoms with van der Waals surface area (Å²) in [6, 6.07) is 17.7. The van der Waals surface area contributed by atoms with Crippen LogP contribution in [0.3, 0.4) is 0 Å². The molecule has 1 atom stereocenters. The van der Waals surface area contributed by atoms with Gasteiger partial charge in [-0.15, -0.1) is 6.58 Å². The molecule has 0 unspecified atom stereocenters. The van der Waals surface area contributed by atoms with E-state index in [1.165, 1.54) is 19.3 Å². The Labute approximate surface area is 168 Å². The molecule has 0 heterocycles. The fourth-order valence-electron chi connectivity index (χ4n) is 3.90. The van der Waals surface area contributed by atoms with Gasteiger partial charge in [-0.2, -0.15) is 0 Å². The highest BCUT2D eigenvalue weighted by atomic mass is 16.5. The maximum atomic E-state index is 13.4. The smallest absolute Gasteiger partial charge is 0.247 e. The third-order valence-electron chi connectivity index (χ3n) is 5.36. The molecule has 148 valence electrons. The second-order valence-electron chi connectivity index (χ2n) is 7.30. The number of hydrogen-bond donors (Lipinski definition) is 1. The Balaban J connectivity index is 1.93. The molecule has 1 saturated carbocycles. The summed E-state index contributed by atoms with van der Waals surface area (Å²) in [5.74, 6) is 0.827. The summed E-state index contributed by atoms with van der Waals surface area (Å²) in [7, 11) is 1.65. The van der Waals surface area contributed by atoms with E-state index >= 15 is 0 Å². The van der Waals surface area contributed by atoms with Gasteiger partial charge < -0.3 is 15.0 Å². The predicted molar refractivity (Wildman–Crippen MR) is 115 cm³/mol. The molecule has 0 aliphatic heterocycles. The first-order valence-electron chi connectivity index (χ1n) is 10.1. The van der Waals surface area contributed by atoms with Crippen LogP contribution in [0.2, 0.25) is 0 Å². The van der Waals surface area contributed by atoms with Crippen LogP contribution in [0.4, 0.5) is 5.69 Å². The Hall–Kier alpha value is -2.75. The lowest BCUT2D eigenvalue weighted by atomic mass is 9.94. The van der Waals surface area contributed by atoms with Crippen LogP contribution >= 0.6 is 0 Å². The number of amides is 1. The second kappa shape index (κ2) is 9.98. The number of anilines is 1. The fourth-order valence-corrected chi connectivity index (χ4v) is 3.90. The summed E-state index contributed by atoms with van der Waals surface area (Å²) in [6.45, 7) is 4.49. The number of hydrogen-bond acceptors (Lipinski definition) is 3. The number of rotatable bonds is 8. The number of benzene rings is 2. The van der Waals surface area contributed by atoms with E-state index in [-0.39, 0.29) is 11.9 Å². The molecule has 4 nitrogen and oxygen atoms in total. The van der Waals surface area contributed by atoms with Crippen molar-refractivity contribution < 1.29 is 9.53 Å². The van der Waals surface area contributed by atoms with E-state index in [0.717, 1.165) is 29.8 Å². The molecular weight excluding hydrogens is 348 g/mol. The van der Waals surface area contributed by atoms with Crippen LogP contribution in [-0.4, -0.2) is 25.6 Å². The number of carbonyl (C=O) groups is 1. The van der Waals surface area contributed by atoms with Gasteiger partial charge in [-0.3, -0.25) is 4.79 Å². The van der Waals surface area contributed by atoms with Crippen molar-refractivity contribution in [3.05, 3.63) is 72.8 Å². The van der Waals surface area contributed by atoms with E-state index in [2.05, 4.69) is 16.8 Å². The minimum atomic E-state index is -0.423. The van der Waals surface area contributed by atoms with Gasteiger partial charge in [-0.05, 0) is 42.7 Å². The highest BCUT2D eigenvalue weighted by Crippen LogP contribution is 2.29. The first kappa shape index (κ1) is 20.0. The van der Waals surface area contributed by atoms with E-state index in [0.29, 0.717) is 6.54 Å². The molecule has 1 aliphatic rings. The molecule has 0 radical (unpaired) electrons. The van der Waals surface area contributed by atoms with Crippen LogP contribution in [0.1, 0.15) is 43.7 Å². The van der Waals surface area contributed by atoms with Gasteiger partial charge in [0, 0.05) is 18.3 Å². The van der Waals surface area contributed by atoms with Gasteiger partial charge >= 0.3 is 0 Å². The molecule has 1 aliphatic carbocycles. The Morgan fingerprint density at radius 3 is 2.43 bits per heavy atom. The molecule has 1 N–H and O–H groups in total. The maximum absolute atomic E-state index is 13.4. The van der Waals surface area contributed by atoms with Crippen LogP contribution in [0, 0.1) is 0 Å². The highest BCUT2D eigenvalue weighted by molar-refractivity contribution is 5.87. The van der Waals surface area contributed by atoms with Crippen molar-refractivity contribution >= 4 is 11.6 Å². The highest BCUT2D eigenvalue weighted by Gasteiger charge is 2.29. The Kier molecular flexibility index (Phi) is 7.12. The number of ether oxygens (including phenoxy) is 1. The Morgan fingerprint density at radius 1 is 1.14 bits per heavy atom. The normalized spacial score (nSPS) is 15.5. The lowest BCUT2D eigenvalue weighted by molar-refractivity contribution is -0.123. The minimum absolute atomic E-state index is 0.0442. The lowest BCUT2D eigenvalue weighted by Gasteiger charge is -2.34. The van der Waals surface area contributed by atoms with Crippen molar-refractivity contribution in [1.82, 2.24) is 5.32 Å². The van der Waals surface area contributed by atoms with Gasteiger partial charge in [-0.1, -0.05) is 55.7 Å². The zero-order chi connectivity index (χ0) is 19.8. The molecule has 0 bridgehead atoms. The van der Waals surface area contributed by atoms with Gasteiger partial charge in [0.2, 0.25) is 5.91 Å². The monoisotopic (exact) mass is 378 g/mol. The largest absolute Gasteiger partial charge is 0.497 e. The second-order valence-corrected chi connectivity index (χ2v) is 7.30. The van der Waals surface area contributed by atoms with Crippen LogP contribution in [0.15, 0.2) is 67.3 Å². The number of carbonyl (C=O) groups excluding carboxylic acids is 1. The maximum Gasteiger partial charge on any atom is 0.247 e. The molecule has 0 spiro atoms. The van der Waals surface area contributed by atoms with Gasteiger partial charge in [0.05, 0.1) is 7.11 Å². The van der Waals surface area contributed by atoms with E-state index in [4.69, 9.17) is 4.74 Å². The standard InChI is InChI=1S/C24H30N2O2/c1-3-18-26(21-12-8-5-9-13-21)23(19-14-16-22(28-2)17-15-19)24(27)25-20-10-6-4-7-11-20/h3,5,8-9,12-17,20,23H,1,4,6-7,10-11,18H2,2H3,(H,25,27)/t23-/m0/s1. The summed E-state index contributed by atoms with van der Waals surface area (Å²) in [4.78, 5) is 15.5. The third kappa shape index (κ3) is 4.94. The Morgan fingerprint density at radius 2 is 1.82 bits per heavy atom. The van der Waals surface area contributed by atoms with Crippen molar-refractivity contribution in [1.29, 1.82) is 0 Å². The fraction of sp³-hybridized carbons (Fsp3) is 0.375. The number of methoxy groups -OCH3 is 1. The topological polar surface area (TPSA) is 41.6 Å². The third-order valence-corrected chi connectivity index (χ3v) is 5.36. The number of nitrogens with zero attached hydrogens (tertiary/aromatic N) is 1. The summed E-state index contributed by atoms with van der Waals surface area (Å²) < 4.78 is 5.29. The van der Waals surface area contributed by atoms with E-state index < -0.39 is 6.04 Å². The molecule has 0 saturated heterocycles. The SMILES string of the molecule is C=CCN(c1ccccc1)[C@H](C(=O)NC1CCCCC1)c1ccc(OC)cc1. The van der Waals surface area contributed by atoms with Crippen LogP contribution in [0.25, 0.3) is 0 Å². The quantitative estimate of drug-likeness (QED) is 0.666. The first-order valence-corrected chi connectivity index (χ1v) is 10.1. The average Bonchev–Trinajstić information content (AvgIpc) is 2.75. The molecule has 0 aromatic heterocycles. The zero-order valence-electron chi connectivity index (χ0n) is 16.6. The molecule has 2 aromatic rings. The molecule has 1 fully saturated rings. The van der Waals surface area contributed by atoms with E-state index in [1.807, 2.05) is 60.7 Å². The average molecular weight is 379 g/mol. The molecule has 2 aromatic carbocycles. The van der Waals surface area contributed by atoms with Crippen molar-refractivity contribution in [3.63, 3.8) is 0 Å². The van der Waals surface area contributed by atoms with Gasteiger partial charge in [-0.25, -0.2) is 0 Å². The number of nitrogens with one attached hydrogen (secondary N) is 1. The van der Waals surface area contributed by atoms with Crippen molar-refractivity contribution in [2.75, 3.05) is 18.6 Å². The molecule has 4 heteroatoms. The summed E-state index contributed by atoms with van der Waals surface area (Å²) in [6.07, 6.45) is 7.61. The van der Waals surface area contributed by atoms with Crippen LogP contribution in [0.5, 0.6) is 5.75 Å². The molecule has 3 rings (SSSR count). The van der Waals surface area contributed by atoms with E-state index in [1.54, 1.807) is 7.11 Å². The predicted octanol–water partition coefficient (Wildman–Crippen LogP) is 4.88. The summed E-state index contributed by atoms with van der Waals surface area (Å²) in [5.41, 5.74) is 1.95. The van der Waals surface area contributed by atoms with Crippen molar-refractivity contribution in [3.8, 4) is 5.75 Å².